The molecule has 0 aliphatic heterocycles. The molecule has 0 aromatic carbocycles. The molecule has 3 N–H and O–H groups in total. The molecule has 11 heteroatoms. The van der Waals surface area contributed by atoms with Gasteiger partial charge in [0.25, 0.3) is 5.82 Å². The highest BCUT2D eigenvalue weighted by Gasteiger charge is 2.39. The third kappa shape index (κ3) is 2.99. The zero-order valence-electron chi connectivity index (χ0n) is 13.4. The van der Waals surface area contributed by atoms with E-state index in [-0.39, 0.29) is 24.3 Å². The summed E-state index contributed by atoms with van der Waals surface area (Å²) in [6, 6.07) is -0.616. The van der Waals surface area contributed by atoms with Gasteiger partial charge >= 0.3 is 12.1 Å². The van der Waals surface area contributed by atoms with Gasteiger partial charge < -0.3 is 15.5 Å². The van der Waals surface area contributed by atoms with Crippen LogP contribution in [0.3, 0.4) is 0 Å². The number of hydrogen-bond acceptors (Lipinski definition) is 6. The van der Waals surface area contributed by atoms with Crippen LogP contribution in [0.1, 0.15) is 29.8 Å². The summed E-state index contributed by atoms with van der Waals surface area (Å²) >= 11 is 0. The molecular formula is C14H16F3N5O3. The Morgan fingerprint density at radius 1 is 1.24 bits per heavy atom. The molecule has 1 aliphatic carbocycles. The minimum atomic E-state index is -4.72. The van der Waals surface area contributed by atoms with Crippen LogP contribution in [0.2, 0.25) is 0 Å². The van der Waals surface area contributed by atoms with Gasteiger partial charge in [-0.2, -0.15) is 17.7 Å². The molecule has 136 valence electrons. The fourth-order valence-corrected chi connectivity index (χ4v) is 2.99. The lowest BCUT2D eigenvalue weighted by molar-refractivity contribution is -0.146. The molecule has 0 saturated heterocycles. The molecule has 3 unspecified atom stereocenters. The van der Waals surface area contributed by atoms with Crippen LogP contribution < -0.4 is 5.32 Å². The largest absolute Gasteiger partial charge is 0.481 e. The quantitative estimate of drug-likeness (QED) is 0.759. The van der Waals surface area contributed by atoms with Crippen LogP contribution in [-0.2, 0) is 11.0 Å². The maximum absolute atomic E-state index is 13.0. The standard InChI is InChI=1S/C14H16F3N5O3/c1-5-6(2)11-19-20-13(14(15,16)17)22(11)21-10(5)18-8-3-7(12(24)25)4-9(8)23/h7-9,23H,3-4H2,1-2H3,(H,18,21)(H,24,25). The lowest BCUT2D eigenvalue weighted by Gasteiger charge is -2.19. The second-order valence-electron chi connectivity index (χ2n) is 6.18. The van der Waals surface area contributed by atoms with Gasteiger partial charge in [0.1, 0.15) is 0 Å². The lowest BCUT2D eigenvalue weighted by Crippen LogP contribution is -2.29. The van der Waals surface area contributed by atoms with E-state index in [1.54, 1.807) is 13.8 Å². The number of rotatable bonds is 3. The van der Waals surface area contributed by atoms with Crippen molar-refractivity contribution in [2.75, 3.05) is 5.32 Å². The van der Waals surface area contributed by atoms with Crippen LogP contribution in [0, 0.1) is 19.8 Å². The molecule has 0 radical (unpaired) electrons. The summed E-state index contributed by atoms with van der Waals surface area (Å²) in [4.78, 5) is 11.1. The summed E-state index contributed by atoms with van der Waals surface area (Å²) < 4.78 is 39.7. The molecule has 1 fully saturated rings. The molecule has 1 saturated carbocycles. The zero-order chi connectivity index (χ0) is 18.5. The highest BCUT2D eigenvalue weighted by Crippen LogP contribution is 2.32. The summed E-state index contributed by atoms with van der Waals surface area (Å²) in [5.41, 5.74) is 1.01. The molecule has 25 heavy (non-hydrogen) atoms. The molecule has 3 rings (SSSR count). The number of carboxylic acid groups (broad SMARTS) is 1. The van der Waals surface area contributed by atoms with E-state index in [0.29, 0.717) is 15.6 Å². The molecular weight excluding hydrogens is 343 g/mol. The van der Waals surface area contributed by atoms with Gasteiger partial charge in [0.2, 0.25) is 0 Å². The fourth-order valence-electron chi connectivity index (χ4n) is 2.99. The predicted molar refractivity (Wildman–Crippen MR) is 79.0 cm³/mol. The van der Waals surface area contributed by atoms with Crippen LogP contribution >= 0.6 is 0 Å². The highest BCUT2D eigenvalue weighted by atomic mass is 19.4. The third-order valence-electron chi connectivity index (χ3n) is 4.55. The second kappa shape index (κ2) is 5.83. The van der Waals surface area contributed by atoms with Crippen molar-refractivity contribution in [2.24, 2.45) is 5.92 Å². The van der Waals surface area contributed by atoms with Gasteiger partial charge in [0, 0.05) is 5.56 Å². The van der Waals surface area contributed by atoms with E-state index in [0.717, 1.165) is 0 Å². The van der Waals surface area contributed by atoms with Crippen molar-refractivity contribution >= 4 is 17.4 Å². The number of carbonyl (C=O) groups is 1. The normalized spacial score (nSPS) is 24.0. The monoisotopic (exact) mass is 359 g/mol. The van der Waals surface area contributed by atoms with Gasteiger partial charge in [0.15, 0.2) is 11.5 Å². The van der Waals surface area contributed by atoms with E-state index >= 15 is 0 Å². The van der Waals surface area contributed by atoms with Crippen LogP contribution in [0.5, 0.6) is 0 Å². The maximum Gasteiger partial charge on any atom is 0.453 e. The summed E-state index contributed by atoms with van der Waals surface area (Å²) in [6.07, 6.45) is -5.41. The number of hydrogen-bond donors (Lipinski definition) is 3. The molecule has 1 aliphatic rings. The number of aromatic nitrogens is 4. The van der Waals surface area contributed by atoms with Crippen molar-refractivity contribution in [3.05, 3.63) is 17.0 Å². The smallest absolute Gasteiger partial charge is 0.453 e. The number of aliphatic hydroxyl groups is 1. The number of alkyl halides is 3. The number of aliphatic carboxylic acids is 1. The number of carboxylic acids is 1. The van der Waals surface area contributed by atoms with E-state index in [4.69, 9.17) is 5.11 Å². The number of nitrogens with zero attached hydrogens (tertiary/aromatic N) is 4. The second-order valence-corrected chi connectivity index (χ2v) is 6.18. The first-order valence-corrected chi connectivity index (χ1v) is 7.56. The molecule has 2 aromatic rings. The SMILES string of the molecule is Cc1c(NC2CC(C(=O)O)CC2O)nn2c(C(F)(F)F)nnc2c1C. The lowest BCUT2D eigenvalue weighted by atomic mass is 10.1. The van der Waals surface area contributed by atoms with Crippen molar-refractivity contribution in [3.63, 3.8) is 0 Å². The topological polar surface area (TPSA) is 113 Å². The number of anilines is 1. The Morgan fingerprint density at radius 3 is 2.48 bits per heavy atom. The van der Waals surface area contributed by atoms with Crippen LogP contribution in [0.25, 0.3) is 5.65 Å². The summed E-state index contributed by atoms with van der Waals surface area (Å²) in [7, 11) is 0. The summed E-state index contributed by atoms with van der Waals surface area (Å²) in [5.74, 6) is -2.84. The van der Waals surface area contributed by atoms with Gasteiger partial charge in [-0.1, -0.05) is 0 Å². The fraction of sp³-hybridized carbons (Fsp3) is 0.571. The Bertz CT molecular complexity index is 835. The van der Waals surface area contributed by atoms with E-state index in [1.165, 1.54) is 0 Å². The number of halogens is 3. The van der Waals surface area contributed by atoms with Crippen molar-refractivity contribution in [1.82, 2.24) is 19.8 Å². The van der Waals surface area contributed by atoms with Gasteiger partial charge in [-0.25, -0.2) is 0 Å². The first-order chi connectivity index (χ1) is 11.6. The minimum absolute atomic E-state index is 0.00856. The molecule has 2 heterocycles. The van der Waals surface area contributed by atoms with Crippen molar-refractivity contribution in [3.8, 4) is 0 Å². The van der Waals surface area contributed by atoms with Crippen LogP contribution in [-0.4, -0.2) is 48.1 Å². The average Bonchev–Trinajstić information content (AvgIpc) is 3.08. The number of aryl methyl sites for hydroxylation is 1. The van der Waals surface area contributed by atoms with Gasteiger partial charge in [0.05, 0.1) is 18.1 Å². The molecule has 2 aromatic heterocycles. The predicted octanol–water partition coefficient (Wildman–Crippen LogP) is 1.40. The first-order valence-electron chi connectivity index (χ1n) is 7.56. The summed E-state index contributed by atoms with van der Waals surface area (Å²) in [6.45, 7) is 3.25. The maximum atomic E-state index is 13.0. The van der Waals surface area contributed by atoms with Gasteiger partial charge in [-0.3, -0.25) is 4.79 Å². The number of fused-ring (bicyclic) bond motifs is 1. The Hall–Kier alpha value is -2.43. The number of aliphatic hydroxyl groups excluding tert-OH is 1. The van der Waals surface area contributed by atoms with E-state index in [2.05, 4.69) is 20.6 Å². The van der Waals surface area contributed by atoms with E-state index < -0.39 is 36.0 Å². The highest BCUT2D eigenvalue weighted by molar-refractivity contribution is 5.71. The Balaban J connectivity index is 1.99. The Morgan fingerprint density at radius 2 is 1.92 bits per heavy atom. The minimum Gasteiger partial charge on any atom is -0.481 e. The van der Waals surface area contributed by atoms with E-state index in [9.17, 15) is 23.1 Å². The van der Waals surface area contributed by atoms with Crippen molar-refractivity contribution in [2.45, 2.75) is 45.0 Å². The van der Waals surface area contributed by atoms with Gasteiger partial charge in [-0.05, 0) is 32.3 Å². The van der Waals surface area contributed by atoms with Gasteiger partial charge in [-0.15, -0.1) is 15.3 Å². The molecule has 3 atom stereocenters. The first kappa shape index (κ1) is 17.4. The Kier molecular flexibility index (Phi) is 4.06. The average molecular weight is 359 g/mol. The molecule has 8 nitrogen and oxygen atoms in total. The van der Waals surface area contributed by atoms with Crippen molar-refractivity contribution < 1.29 is 28.2 Å². The zero-order valence-corrected chi connectivity index (χ0v) is 13.4. The summed E-state index contributed by atoms with van der Waals surface area (Å²) in [5, 5.41) is 32.6. The molecule has 0 amide bonds. The van der Waals surface area contributed by atoms with Crippen LogP contribution in [0.4, 0.5) is 19.0 Å². The third-order valence-corrected chi connectivity index (χ3v) is 4.55. The van der Waals surface area contributed by atoms with Crippen LogP contribution in [0.15, 0.2) is 0 Å². The Labute approximate surface area is 139 Å². The molecule has 0 bridgehead atoms. The van der Waals surface area contributed by atoms with E-state index in [1.807, 2.05) is 0 Å². The molecule has 0 spiro atoms. The number of nitrogens with one attached hydrogen (secondary N) is 1. The van der Waals surface area contributed by atoms with Crippen molar-refractivity contribution in [1.29, 1.82) is 0 Å².